The van der Waals surface area contributed by atoms with Crippen LogP contribution in [0.25, 0.3) is 0 Å². The zero-order chi connectivity index (χ0) is 6.62. The molecule has 0 atom stereocenters. The van der Waals surface area contributed by atoms with Gasteiger partial charge >= 0.3 is 0 Å². The van der Waals surface area contributed by atoms with Crippen LogP contribution in [0.2, 0.25) is 0 Å². The van der Waals surface area contributed by atoms with Crippen molar-refractivity contribution in [3.63, 3.8) is 0 Å². The van der Waals surface area contributed by atoms with E-state index in [1.165, 1.54) is 0 Å². The summed E-state index contributed by atoms with van der Waals surface area (Å²) in [4.78, 5) is 0. The first-order chi connectivity index (χ1) is 3.56. The van der Waals surface area contributed by atoms with Crippen LogP contribution >= 0.6 is 0 Å². The van der Waals surface area contributed by atoms with E-state index in [1.807, 2.05) is 0 Å². The maximum atomic E-state index is 9.85. The third kappa shape index (κ3) is 5.83. The highest BCUT2D eigenvalue weighted by molar-refractivity contribution is 7.85. The highest BCUT2D eigenvalue weighted by Crippen LogP contribution is 1.75. The molecule has 0 amide bonds. The average Bonchev–Trinajstić information content (AvgIpc) is 1.59. The zero-order valence-electron chi connectivity index (χ0n) is 4.16. The monoisotopic (exact) mass is 140 g/mol. The molecule has 0 aliphatic rings. The Balaban J connectivity index is 3.42. The molecule has 0 bridgehead atoms. The smallest absolute Gasteiger partial charge is 0.266 e. The zero-order valence-corrected chi connectivity index (χ0v) is 4.98. The second-order valence-electron chi connectivity index (χ2n) is 1.24. The molecule has 4 N–H and O–H groups in total. The van der Waals surface area contributed by atoms with Gasteiger partial charge in [0.15, 0.2) is 0 Å². The Morgan fingerprint density at radius 1 is 1.62 bits per heavy atom. The molecule has 0 heterocycles. The number of nitrogens with one attached hydrogen (secondary N) is 1. The molecule has 0 aliphatic carbocycles. The quantitative estimate of drug-likeness (QED) is 0.248. The molecule has 0 radical (unpaired) electrons. The summed E-state index contributed by atoms with van der Waals surface area (Å²) in [5, 5.41) is 0. The minimum Gasteiger partial charge on any atom is -0.286 e. The summed E-state index contributed by atoms with van der Waals surface area (Å²) in [6, 6.07) is 0. The van der Waals surface area contributed by atoms with E-state index in [0.29, 0.717) is 0 Å². The summed E-state index contributed by atoms with van der Waals surface area (Å²) in [7, 11) is -3.83. The summed E-state index contributed by atoms with van der Waals surface area (Å²) >= 11 is 0. The van der Waals surface area contributed by atoms with Gasteiger partial charge in [-0.1, -0.05) is 0 Å². The molecule has 0 rings (SSSR count). The molecule has 5 nitrogen and oxygen atoms in total. The van der Waals surface area contributed by atoms with Gasteiger partial charge in [-0.25, -0.2) is 0 Å². The number of hydrogen-bond acceptors (Lipinski definition) is 4. The molecular weight excluding hydrogens is 132 g/mol. The van der Waals surface area contributed by atoms with Crippen LogP contribution in [0.4, 0.5) is 0 Å². The number of hydrogen-bond donors (Lipinski definition) is 3. The van der Waals surface area contributed by atoms with Crippen LogP contribution in [0, 0.1) is 0 Å². The summed E-state index contributed by atoms with van der Waals surface area (Å²) in [6.07, 6.45) is 0. The van der Waals surface area contributed by atoms with Crippen LogP contribution in [0.3, 0.4) is 0 Å². The highest BCUT2D eigenvalue weighted by atomic mass is 32.2. The first-order valence-electron chi connectivity index (χ1n) is 1.95. The Labute approximate surface area is 47.6 Å². The lowest BCUT2D eigenvalue weighted by Crippen LogP contribution is -2.28. The Kier molecular flexibility index (Phi) is 2.91. The van der Waals surface area contributed by atoms with Gasteiger partial charge in [-0.15, -0.1) is 0 Å². The summed E-state index contributed by atoms with van der Waals surface area (Å²) in [5.41, 5.74) is 2.09. The SMILES string of the molecule is NNCCS(=O)(=O)O. The van der Waals surface area contributed by atoms with E-state index in [2.05, 4.69) is 5.43 Å². The molecule has 0 fully saturated rings. The van der Waals surface area contributed by atoms with Crippen molar-refractivity contribution in [3.8, 4) is 0 Å². The van der Waals surface area contributed by atoms with Crippen LogP contribution in [-0.2, 0) is 10.1 Å². The third-order valence-corrected chi connectivity index (χ3v) is 1.22. The predicted molar refractivity (Wildman–Crippen MR) is 28.6 cm³/mol. The third-order valence-electron chi connectivity index (χ3n) is 0.504. The summed E-state index contributed by atoms with van der Waals surface area (Å²) < 4.78 is 27.7. The van der Waals surface area contributed by atoms with Gasteiger partial charge in [-0.05, 0) is 0 Å². The number of nitrogens with two attached hydrogens (primary N) is 1. The Morgan fingerprint density at radius 2 is 2.12 bits per heavy atom. The maximum Gasteiger partial charge on any atom is 0.266 e. The molecular formula is C2H8N2O3S. The Hall–Kier alpha value is -0.170. The summed E-state index contributed by atoms with van der Waals surface area (Å²) in [5.74, 6) is 4.37. The standard InChI is InChI=1S/C2H8N2O3S/c3-4-1-2-8(5,6)7/h4H,1-3H2,(H,5,6,7). The molecule has 0 aliphatic heterocycles. The van der Waals surface area contributed by atoms with E-state index >= 15 is 0 Å². The molecule has 0 saturated heterocycles. The van der Waals surface area contributed by atoms with Gasteiger partial charge in [0.2, 0.25) is 0 Å². The van der Waals surface area contributed by atoms with Gasteiger partial charge in [0.05, 0.1) is 5.75 Å². The van der Waals surface area contributed by atoms with Gasteiger partial charge in [-0.2, -0.15) is 8.42 Å². The second-order valence-corrected chi connectivity index (χ2v) is 2.81. The number of hydrazine groups is 1. The van der Waals surface area contributed by atoms with Crippen molar-refractivity contribution in [2.45, 2.75) is 0 Å². The molecule has 0 spiro atoms. The van der Waals surface area contributed by atoms with E-state index in [0.717, 1.165) is 0 Å². The normalized spacial score (nSPS) is 11.8. The largest absolute Gasteiger partial charge is 0.286 e. The molecule has 8 heavy (non-hydrogen) atoms. The van der Waals surface area contributed by atoms with E-state index in [4.69, 9.17) is 10.4 Å². The predicted octanol–water partition coefficient (Wildman–Crippen LogP) is -1.66. The fourth-order valence-corrected chi connectivity index (χ4v) is 0.564. The van der Waals surface area contributed by atoms with Crippen molar-refractivity contribution in [3.05, 3.63) is 0 Å². The number of rotatable bonds is 3. The van der Waals surface area contributed by atoms with Crippen molar-refractivity contribution in [1.29, 1.82) is 0 Å². The van der Waals surface area contributed by atoms with Gasteiger partial charge in [-0.3, -0.25) is 15.8 Å². The van der Waals surface area contributed by atoms with Crippen molar-refractivity contribution < 1.29 is 13.0 Å². The minimum absolute atomic E-state index is 0.0683. The summed E-state index contributed by atoms with van der Waals surface area (Å²) in [6.45, 7) is 0.0683. The second kappa shape index (κ2) is 2.98. The van der Waals surface area contributed by atoms with Gasteiger partial charge in [0.1, 0.15) is 0 Å². The fraction of sp³-hybridized carbons (Fsp3) is 1.00. The molecule has 6 heteroatoms. The van der Waals surface area contributed by atoms with Gasteiger partial charge in [0.25, 0.3) is 10.1 Å². The van der Waals surface area contributed by atoms with Crippen molar-refractivity contribution in [1.82, 2.24) is 5.43 Å². The van der Waals surface area contributed by atoms with Crippen LogP contribution in [-0.4, -0.2) is 25.3 Å². The van der Waals surface area contributed by atoms with Crippen LogP contribution in [0.1, 0.15) is 0 Å². The lowest BCUT2D eigenvalue weighted by molar-refractivity contribution is 0.481. The lowest BCUT2D eigenvalue weighted by atomic mass is 10.8. The molecule has 0 saturated carbocycles. The molecule has 50 valence electrons. The maximum absolute atomic E-state index is 9.85. The van der Waals surface area contributed by atoms with E-state index in [9.17, 15) is 8.42 Å². The molecule has 0 aromatic carbocycles. The Bertz CT molecular complexity index is 139. The minimum atomic E-state index is -3.83. The first kappa shape index (κ1) is 7.83. The highest BCUT2D eigenvalue weighted by Gasteiger charge is 2.00. The molecule has 0 aromatic heterocycles. The van der Waals surface area contributed by atoms with E-state index < -0.39 is 10.1 Å². The van der Waals surface area contributed by atoms with Crippen molar-refractivity contribution in [2.75, 3.05) is 12.3 Å². The Morgan fingerprint density at radius 3 is 2.25 bits per heavy atom. The van der Waals surface area contributed by atoms with E-state index in [-0.39, 0.29) is 12.3 Å². The van der Waals surface area contributed by atoms with Gasteiger partial charge in [0, 0.05) is 6.54 Å². The van der Waals surface area contributed by atoms with Crippen LogP contribution < -0.4 is 11.3 Å². The average molecular weight is 140 g/mol. The molecule has 0 unspecified atom stereocenters. The van der Waals surface area contributed by atoms with Crippen molar-refractivity contribution >= 4 is 10.1 Å². The van der Waals surface area contributed by atoms with Crippen LogP contribution in [0.15, 0.2) is 0 Å². The van der Waals surface area contributed by atoms with Crippen molar-refractivity contribution in [2.24, 2.45) is 5.84 Å². The van der Waals surface area contributed by atoms with Gasteiger partial charge < -0.3 is 0 Å². The molecule has 0 aromatic rings. The van der Waals surface area contributed by atoms with E-state index in [1.54, 1.807) is 0 Å². The van der Waals surface area contributed by atoms with Crippen LogP contribution in [0.5, 0.6) is 0 Å². The first-order valence-corrected chi connectivity index (χ1v) is 3.56. The fourth-order valence-electron chi connectivity index (χ4n) is 0.188. The lowest BCUT2D eigenvalue weighted by Gasteiger charge is -1.92. The topological polar surface area (TPSA) is 92.4 Å².